The lowest BCUT2D eigenvalue weighted by atomic mass is 9.99. The van der Waals surface area contributed by atoms with E-state index in [2.05, 4.69) is 10.9 Å². The number of unbranched alkanes of at least 4 members (excludes halogenated alkanes) is 1. The molecule has 1 aromatic carbocycles. The van der Waals surface area contributed by atoms with Crippen molar-refractivity contribution in [2.24, 2.45) is 5.84 Å². The summed E-state index contributed by atoms with van der Waals surface area (Å²) in [5, 5.41) is 38.5. The van der Waals surface area contributed by atoms with Crippen molar-refractivity contribution in [2.45, 2.75) is 56.3 Å². The van der Waals surface area contributed by atoms with E-state index in [0.717, 1.165) is 0 Å². The number of amides is 2. The first-order valence-corrected chi connectivity index (χ1v) is 10.5. The van der Waals surface area contributed by atoms with Crippen molar-refractivity contribution in [3.8, 4) is 11.5 Å². The fourth-order valence-electron chi connectivity index (χ4n) is 3.14. The molecule has 14 heteroatoms. The van der Waals surface area contributed by atoms with Crippen LogP contribution in [-0.2, 0) is 14.3 Å². The second-order valence-electron chi connectivity index (χ2n) is 7.46. The van der Waals surface area contributed by atoms with E-state index in [1.165, 1.54) is 25.3 Å². The Morgan fingerprint density at radius 3 is 2.44 bits per heavy atom. The summed E-state index contributed by atoms with van der Waals surface area (Å²) in [4.78, 5) is 36.0. The van der Waals surface area contributed by atoms with Crippen LogP contribution in [0.15, 0.2) is 18.2 Å². The quantitative estimate of drug-likeness (QED) is 0.0396. The molecule has 1 heterocycles. The third kappa shape index (κ3) is 7.33. The lowest BCUT2D eigenvalue weighted by molar-refractivity contribution is -0.238. The summed E-state index contributed by atoms with van der Waals surface area (Å²) in [5.41, 5.74) is 6.70. The summed E-state index contributed by atoms with van der Waals surface area (Å²) in [7, 11) is 1.42. The summed E-state index contributed by atoms with van der Waals surface area (Å²) in [6.07, 6.45) is -6.40. The Kier molecular flexibility index (Phi) is 10.6. The molecule has 0 aliphatic carbocycles. The molecule has 0 radical (unpaired) electrons. The zero-order valence-corrected chi connectivity index (χ0v) is 18.5. The van der Waals surface area contributed by atoms with E-state index in [0.29, 0.717) is 18.6 Å². The minimum atomic E-state index is -1.58. The zero-order chi connectivity index (χ0) is 25.3. The van der Waals surface area contributed by atoms with Crippen LogP contribution in [0.4, 0.5) is 0 Å². The predicted octanol–water partition coefficient (Wildman–Crippen LogP) is -2.81. The van der Waals surface area contributed by atoms with Gasteiger partial charge in [0.2, 0.25) is 5.91 Å². The zero-order valence-electron chi connectivity index (χ0n) is 18.5. The molecular weight excluding hydrogens is 456 g/mol. The third-order valence-electron chi connectivity index (χ3n) is 5.07. The second kappa shape index (κ2) is 13.1. The summed E-state index contributed by atoms with van der Waals surface area (Å²) < 4.78 is 15.5. The first kappa shape index (κ1) is 27.4. The van der Waals surface area contributed by atoms with E-state index < -0.39 is 55.0 Å². The van der Waals surface area contributed by atoms with Crippen molar-refractivity contribution in [1.29, 1.82) is 0 Å². The maximum absolute atomic E-state index is 12.2. The lowest BCUT2D eigenvalue weighted by Gasteiger charge is -2.40. The lowest BCUT2D eigenvalue weighted by Crippen LogP contribution is -2.64. The second-order valence-corrected chi connectivity index (χ2v) is 7.46. The van der Waals surface area contributed by atoms with E-state index in [1.54, 1.807) is 0 Å². The van der Waals surface area contributed by atoms with Crippen molar-refractivity contribution in [3.63, 3.8) is 0 Å². The molecule has 0 saturated carbocycles. The van der Waals surface area contributed by atoms with Gasteiger partial charge < -0.3 is 34.6 Å². The highest BCUT2D eigenvalue weighted by atomic mass is 16.6. The number of hydrazine groups is 2. The molecule has 190 valence electrons. The minimum Gasteiger partial charge on any atom is -0.497 e. The van der Waals surface area contributed by atoms with Crippen LogP contribution in [0.25, 0.3) is 0 Å². The average molecular weight is 486 g/mol. The standard InChI is InChI=1S/C20H30N4O10/c1-32-10-6-7-11(19(31)22-21)12(8-10)33-15(27)5-3-2-4-14(26)23-24-20-18(30)17(29)16(28)13(9-25)34-20/h6-8,13,16-18,20,24-25,28-30H,2-5,9,21H2,1H3,(H,22,31)(H,23,26). The largest absolute Gasteiger partial charge is 0.497 e. The first-order chi connectivity index (χ1) is 16.2. The van der Waals surface area contributed by atoms with Gasteiger partial charge in [0.05, 0.1) is 19.3 Å². The van der Waals surface area contributed by atoms with Crippen molar-refractivity contribution < 1.29 is 49.0 Å². The Hall–Kier alpha value is -2.85. The van der Waals surface area contributed by atoms with Gasteiger partial charge in [0, 0.05) is 18.9 Å². The molecule has 0 aromatic heterocycles. The van der Waals surface area contributed by atoms with Gasteiger partial charge in [-0.25, -0.2) is 11.3 Å². The maximum Gasteiger partial charge on any atom is 0.311 e. The van der Waals surface area contributed by atoms with Crippen molar-refractivity contribution in [2.75, 3.05) is 13.7 Å². The molecule has 9 N–H and O–H groups in total. The van der Waals surface area contributed by atoms with E-state index in [-0.39, 0.29) is 24.2 Å². The van der Waals surface area contributed by atoms with Gasteiger partial charge >= 0.3 is 5.97 Å². The van der Waals surface area contributed by atoms with E-state index in [9.17, 15) is 29.7 Å². The Bertz CT molecular complexity index is 853. The number of hydrogen-bond donors (Lipinski definition) is 8. The number of ether oxygens (including phenoxy) is 3. The van der Waals surface area contributed by atoms with Crippen LogP contribution in [0.5, 0.6) is 11.5 Å². The van der Waals surface area contributed by atoms with E-state index >= 15 is 0 Å². The van der Waals surface area contributed by atoms with Crippen molar-refractivity contribution >= 4 is 17.8 Å². The van der Waals surface area contributed by atoms with E-state index in [4.69, 9.17) is 25.2 Å². The van der Waals surface area contributed by atoms with Gasteiger partial charge in [-0.05, 0) is 25.0 Å². The molecule has 1 saturated heterocycles. The van der Waals surface area contributed by atoms with Crippen LogP contribution in [0, 0.1) is 0 Å². The van der Waals surface area contributed by atoms with Crippen molar-refractivity contribution in [3.05, 3.63) is 23.8 Å². The molecule has 2 rings (SSSR count). The summed E-state index contributed by atoms with van der Waals surface area (Å²) >= 11 is 0. The molecule has 34 heavy (non-hydrogen) atoms. The number of carbonyl (C=O) groups is 3. The number of aliphatic hydroxyl groups excluding tert-OH is 4. The number of nitrogens with one attached hydrogen (secondary N) is 3. The molecule has 1 aromatic rings. The van der Waals surface area contributed by atoms with Gasteiger partial charge in [-0.1, -0.05) is 0 Å². The minimum absolute atomic E-state index is 0.0116. The third-order valence-corrected chi connectivity index (χ3v) is 5.07. The van der Waals surface area contributed by atoms with Gasteiger partial charge in [0.25, 0.3) is 5.91 Å². The number of methoxy groups -OCH3 is 1. The highest BCUT2D eigenvalue weighted by molar-refractivity contribution is 5.97. The molecule has 0 bridgehead atoms. The number of aliphatic hydroxyl groups is 4. The topological polar surface area (TPSA) is 222 Å². The smallest absolute Gasteiger partial charge is 0.311 e. The fourth-order valence-corrected chi connectivity index (χ4v) is 3.14. The number of esters is 1. The van der Waals surface area contributed by atoms with Gasteiger partial charge in [-0.15, -0.1) is 0 Å². The fraction of sp³-hybridized carbons (Fsp3) is 0.550. The Labute approximate surface area is 194 Å². The van der Waals surface area contributed by atoms with Gasteiger partial charge in [-0.3, -0.25) is 25.2 Å². The molecule has 0 spiro atoms. The maximum atomic E-state index is 12.2. The van der Waals surface area contributed by atoms with Gasteiger partial charge in [-0.2, -0.15) is 0 Å². The first-order valence-electron chi connectivity index (χ1n) is 10.5. The number of hydrogen-bond acceptors (Lipinski definition) is 12. The highest BCUT2D eigenvalue weighted by Crippen LogP contribution is 2.25. The van der Waals surface area contributed by atoms with E-state index in [1.807, 2.05) is 5.43 Å². The highest BCUT2D eigenvalue weighted by Gasteiger charge is 2.43. The monoisotopic (exact) mass is 486 g/mol. The number of nitrogen functional groups attached to an aromatic ring is 1. The number of carbonyl (C=O) groups excluding carboxylic acids is 3. The molecule has 5 unspecified atom stereocenters. The van der Waals surface area contributed by atoms with Crippen LogP contribution in [0.1, 0.15) is 36.0 Å². The molecule has 1 aliphatic heterocycles. The SMILES string of the molecule is COc1ccc(C(=O)NN)c(OC(=O)CCCCC(=O)NNC2OC(CO)C(O)C(O)C2O)c1. The van der Waals surface area contributed by atoms with Crippen LogP contribution in [0.3, 0.4) is 0 Å². The molecule has 1 fully saturated rings. The Balaban J connectivity index is 1.75. The Morgan fingerprint density at radius 2 is 1.79 bits per heavy atom. The molecule has 2 amide bonds. The number of nitrogens with two attached hydrogens (primary N) is 1. The molecule has 1 aliphatic rings. The predicted molar refractivity (Wildman–Crippen MR) is 114 cm³/mol. The van der Waals surface area contributed by atoms with Crippen LogP contribution < -0.4 is 31.6 Å². The Morgan fingerprint density at radius 1 is 1.09 bits per heavy atom. The summed E-state index contributed by atoms with van der Waals surface area (Å²) in [6, 6.07) is 4.29. The number of benzene rings is 1. The van der Waals surface area contributed by atoms with Crippen LogP contribution in [0.2, 0.25) is 0 Å². The van der Waals surface area contributed by atoms with Gasteiger partial charge in [0.1, 0.15) is 35.9 Å². The van der Waals surface area contributed by atoms with Crippen molar-refractivity contribution in [1.82, 2.24) is 16.3 Å². The summed E-state index contributed by atoms with van der Waals surface area (Å²) in [5.74, 6) is 3.74. The average Bonchev–Trinajstić information content (AvgIpc) is 2.84. The summed E-state index contributed by atoms with van der Waals surface area (Å²) in [6.45, 7) is -0.596. The van der Waals surface area contributed by atoms with Gasteiger partial charge in [0.15, 0.2) is 6.23 Å². The normalized spacial score (nSPS) is 24.2. The van der Waals surface area contributed by atoms with Crippen LogP contribution >= 0.6 is 0 Å². The number of rotatable bonds is 11. The molecule has 14 nitrogen and oxygen atoms in total. The van der Waals surface area contributed by atoms with Crippen LogP contribution in [-0.4, -0.2) is 82.6 Å². The molecule has 5 atom stereocenters. The molecular formula is C20H30N4O10.